The van der Waals surface area contributed by atoms with Crippen LogP contribution in [-0.4, -0.2) is 35.7 Å². The molecule has 2 rings (SSSR count). The molecule has 0 radical (unpaired) electrons. The summed E-state index contributed by atoms with van der Waals surface area (Å²) < 4.78 is 10.3. The highest BCUT2D eigenvalue weighted by Gasteiger charge is 2.33. The summed E-state index contributed by atoms with van der Waals surface area (Å²) in [4.78, 5) is 22.8. The monoisotopic (exact) mass is 267 g/mol. The molecule has 6 heteroatoms. The summed E-state index contributed by atoms with van der Waals surface area (Å²) in [5, 5.41) is 11.7. The maximum atomic E-state index is 12.1. The molecule has 0 bridgehead atoms. The molecule has 1 aliphatic rings. The number of carboxylic acid groups (broad SMARTS) is 1. The minimum atomic E-state index is -1.18. The molecule has 1 saturated heterocycles. The molecule has 6 nitrogen and oxygen atoms in total. The molecule has 0 atom stereocenters. The van der Waals surface area contributed by atoms with E-state index in [-0.39, 0.29) is 23.0 Å². The maximum Gasteiger partial charge on any atom is 0.371 e. The lowest BCUT2D eigenvalue weighted by atomic mass is 9.87. The first kappa shape index (κ1) is 13.6. The Kier molecular flexibility index (Phi) is 3.90. The second-order valence-corrected chi connectivity index (χ2v) is 4.67. The van der Waals surface area contributed by atoms with Crippen molar-refractivity contribution < 1.29 is 23.8 Å². The molecule has 2 heterocycles. The number of aromatic carboxylic acids is 1. The molecule has 1 aliphatic heterocycles. The number of carboxylic acids is 1. The van der Waals surface area contributed by atoms with Crippen LogP contribution in [0.1, 0.15) is 47.3 Å². The van der Waals surface area contributed by atoms with E-state index in [9.17, 15) is 9.59 Å². The van der Waals surface area contributed by atoms with Crippen LogP contribution < -0.4 is 5.32 Å². The predicted molar refractivity (Wildman–Crippen MR) is 66.2 cm³/mol. The van der Waals surface area contributed by atoms with Crippen LogP contribution >= 0.6 is 0 Å². The number of hydrogen-bond acceptors (Lipinski definition) is 4. The lowest BCUT2D eigenvalue weighted by Gasteiger charge is -2.36. The molecular formula is C13H17NO5. The molecule has 1 aromatic rings. The number of nitrogens with one attached hydrogen (secondary N) is 1. The van der Waals surface area contributed by atoms with Gasteiger partial charge in [0.05, 0.1) is 0 Å². The zero-order valence-electron chi connectivity index (χ0n) is 10.8. The Morgan fingerprint density at radius 3 is 2.47 bits per heavy atom. The highest BCUT2D eigenvalue weighted by molar-refractivity contribution is 5.93. The molecular weight excluding hydrogens is 250 g/mol. The molecule has 19 heavy (non-hydrogen) atoms. The predicted octanol–water partition coefficient (Wildman–Crippen LogP) is 1.67. The topological polar surface area (TPSA) is 88.8 Å². The van der Waals surface area contributed by atoms with Gasteiger partial charge >= 0.3 is 5.97 Å². The molecule has 1 aromatic heterocycles. The minimum absolute atomic E-state index is 0.0247. The maximum absolute atomic E-state index is 12.1. The van der Waals surface area contributed by atoms with Crippen molar-refractivity contribution in [1.29, 1.82) is 0 Å². The number of ether oxygens (including phenoxy) is 1. The normalized spacial score (nSPS) is 17.9. The van der Waals surface area contributed by atoms with Crippen LogP contribution in [0.25, 0.3) is 0 Å². The van der Waals surface area contributed by atoms with Gasteiger partial charge in [0.1, 0.15) is 0 Å². The van der Waals surface area contributed by atoms with Crippen molar-refractivity contribution in [3.05, 3.63) is 23.7 Å². The fourth-order valence-corrected chi connectivity index (χ4v) is 2.21. The number of amides is 1. The third-order valence-corrected chi connectivity index (χ3v) is 3.55. The van der Waals surface area contributed by atoms with Gasteiger partial charge in [0.15, 0.2) is 5.76 Å². The van der Waals surface area contributed by atoms with E-state index < -0.39 is 5.97 Å². The number of furan rings is 1. The average Bonchev–Trinajstić information content (AvgIpc) is 2.89. The van der Waals surface area contributed by atoms with Crippen LogP contribution in [0, 0.1) is 0 Å². The van der Waals surface area contributed by atoms with Crippen molar-refractivity contribution in [2.24, 2.45) is 0 Å². The van der Waals surface area contributed by atoms with Crippen LogP contribution in [0.4, 0.5) is 0 Å². The van der Waals surface area contributed by atoms with Crippen molar-refractivity contribution in [1.82, 2.24) is 5.32 Å². The smallest absolute Gasteiger partial charge is 0.371 e. The third-order valence-electron chi connectivity index (χ3n) is 3.55. The van der Waals surface area contributed by atoms with Crippen LogP contribution in [0.2, 0.25) is 0 Å². The van der Waals surface area contributed by atoms with Crippen molar-refractivity contribution in [2.75, 3.05) is 13.2 Å². The lowest BCUT2D eigenvalue weighted by molar-refractivity contribution is 0.0337. The van der Waals surface area contributed by atoms with Crippen LogP contribution in [0.15, 0.2) is 16.5 Å². The lowest BCUT2D eigenvalue weighted by Crippen LogP contribution is -2.51. The summed E-state index contributed by atoms with van der Waals surface area (Å²) in [5.74, 6) is -1.77. The van der Waals surface area contributed by atoms with Gasteiger partial charge in [-0.1, -0.05) is 6.92 Å². The van der Waals surface area contributed by atoms with E-state index >= 15 is 0 Å². The first-order valence-electron chi connectivity index (χ1n) is 6.30. The summed E-state index contributed by atoms with van der Waals surface area (Å²) in [5.41, 5.74) is -0.286. The fraction of sp³-hybridized carbons (Fsp3) is 0.538. The van der Waals surface area contributed by atoms with Crippen LogP contribution in [0.5, 0.6) is 0 Å². The Morgan fingerprint density at radius 2 is 1.95 bits per heavy atom. The SMILES string of the molecule is CCC1(NC(=O)c2ccc(C(=O)O)o2)CCOCC1. The van der Waals surface area contributed by atoms with E-state index in [2.05, 4.69) is 5.32 Å². The van der Waals surface area contributed by atoms with Crippen molar-refractivity contribution in [3.63, 3.8) is 0 Å². The van der Waals surface area contributed by atoms with Crippen molar-refractivity contribution >= 4 is 11.9 Å². The molecule has 0 saturated carbocycles. The first-order valence-corrected chi connectivity index (χ1v) is 6.30. The number of rotatable bonds is 4. The van der Waals surface area contributed by atoms with E-state index in [1.54, 1.807) is 0 Å². The highest BCUT2D eigenvalue weighted by Crippen LogP contribution is 2.24. The molecule has 0 unspecified atom stereocenters. The Labute approximate surface area is 110 Å². The van der Waals surface area contributed by atoms with Crippen LogP contribution in [0.3, 0.4) is 0 Å². The van der Waals surface area contributed by atoms with E-state index in [0.29, 0.717) is 13.2 Å². The molecule has 104 valence electrons. The average molecular weight is 267 g/mol. The highest BCUT2D eigenvalue weighted by atomic mass is 16.5. The van der Waals surface area contributed by atoms with E-state index in [4.69, 9.17) is 14.3 Å². The first-order chi connectivity index (χ1) is 9.06. The van der Waals surface area contributed by atoms with E-state index in [1.165, 1.54) is 12.1 Å². The zero-order chi connectivity index (χ0) is 13.9. The Morgan fingerprint density at radius 1 is 1.32 bits per heavy atom. The largest absolute Gasteiger partial charge is 0.475 e. The molecule has 0 spiro atoms. The Bertz CT molecular complexity index is 473. The molecule has 1 fully saturated rings. The zero-order valence-corrected chi connectivity index (χ0v) is 10.8. The summed E-state index contributed by atoms with van der Waals surface area (Å²) >= 11 is 0. The van der Waals surface area contributed by atoms with E-state index in [1.807, 2.05) is 6.92 Å². The van der Waals surface area contributed by atoms with Gasteiger partial charge in [-0.25, -0.2) is 4.79 Å². The van der Waals surface area contributed by atoms with Gasteiger partial charge in [-0.15, -0.1) is 0 Å². The number of carbonyl (C=O) groups is 2. The molecule has 2 N–H and O–H groups in total. The van der Waals surface area contributed by atoms with Gasteiger partial charge in [-0.3, -0.25) is 4.79 Å². The standard InChI is InChI=1S/C13H17NO5/c1-2-13(5-7-18-8-6-13)14-11(15)9-3-4-10(19-9)12(16)17/h3-4H,2,5-8H2,1H3,(H,14,15)(H,16,17). The number of carbonyl (C=O) groups excluding carboxylic acids is 1. The summed E-state index contributed by atoms with van der Waals surface area (Å²) in [7, 11) is 0. The third kappa shape index (κ3) is 2.96. The van der Waals surface area contributed by atoms with Crippen LogP contribution in [-0.2, 0) is 4.74 Å². The Hall–Kier alpha value is -1.82. The summed E-state index contributed by atoms with van der Waals surface area (Å²) in [6, 6.07) is 2.65. The van der Waals surface area contributed by atoms with Gasteiger partial charge in [0.25, 0.3) is 5.91 Å². The number of hydrogen-bond donors (Lipinski definition) is 2. The second-order valence-electron chi connectivity index (χ2n) is 4.67. The van der Waals surface area contributed by atoms with Gasteiger partial charge < -0.3 is 19.6 Å². The molecule has 1 amide bonds. The van der Waals surface area contributed by atoms with E-state index in [0.717, 1.165) is 19.3 Å². The second kappa shape index (κ2) is 5.44. The van der Waals surface area contributed by atoms with Gasteiger partial charge in [-0.2, -0.15) is 0 Å². The van der Waals surface area contributed by atoms with Crippen molar-refractivity contribution in [3.8, 4) is 0 Å². The Balaban J connectivity index is 2.08. The quantitative estimate of drug-likeness (QED) is 0.866. The molecule has 0 aromatic carbocycles. The van der Waals surface area contributed by atoms with Gasteiger partial charge in [0.2, 0.25) is 5.76 Å². The fourth-order valence-electron chi connectivity index (χ4n) is 2.21. The minimum Gasteiger partial charge on any atom is -0.475 e. The van der Waals surface area contributed by atoms with Gasteiger partial charge in [-0.05, 0) is 31.4 Å². The summed E-state index contributed by atoms with van der Waals surface area (Å²) in [6.45, 7) is 3.25. The summed E-state index contributed by atoms with van der Waals surface area (Å²) in [6.07, 6.45) is 2.30. The molecule has 0 aliphatic carbocycles. The van der Waals surface area contributed by atoms with Gasteiger partial charge in [0, 0.05) is 18.8 Å². The van der Waals surface area contributed by atoms with Crippen molar-refractivity contribution in [2.45, 2.75) is 31.7 Å².